The highest BCUT2D eigenvalue weighted by Gasteiger charge is 2.28. The molecule has 2 aromatic carbocycles. The number of non-ortho nitro benzene ring substituents is 1. The standard InChI is InChI=1S/C18H14ClFN2O6/c19-12-1-4-16-10(6-12)5-11(8-27-16)18(24)28-9-17(23)21-15-7-13(22(25)26)2-3-14(15)20/h1-4,6-7,11H,5,8-9H2,(H,21,23)/t11-/m0/s1. The number of nitro groups is 1. The van der Waals surface area contributed by atoms with Gasteiger partial charge in [-0.15, -0.1) is 0 Å². The molecule has 0 fully saturated rings. The number of ether oxygens (including phenoxy) is 2. The van der Waals surface area contributed by atoms with Crippen LogP contribution in [0.25, 0.3) is 0 Å². The summed E-state index contributed by atoms with van der Waals surface area (Å²) in [5.74, 6) is -2.31. The summed E-state index contributed by atoms with van der Waals surface area (Å²) in [7, 11) is 0. The first-order valence-corrected chi connectivity index (χ1v) is 8.53. The topological polar surface area (TPSA) is 108 Å². The first-order valence-electron chi connectivity index (χ1n) is 8.15. The molecule has 1 aliphatic rings. The van der Waals surface area contributed by atoms with Gasteiger partial charge in [0.15, 0.2) is 6.61 Å². The van der Waals surface area contributed by atoms with Crippen molar-refractivity contribution in [3.05, 3.63) is 62.9 Å². The van der Waals surface area contributed by atoms with Gasteiger partial charge < -0.3 is 14.8 Å². The summed E-state index contributed by atoms with van der Waals surface area (Å²) in [6.07, 6.45) is 0.343. The summed E-state index contributed by atoms with van der Waals surface area (Å²) in [4.78, 5) is 34.1. The Morgan fingerprint density at radius 3 is 2.86 bits per heavy atom. The summed E-state index contributed by atoms with van der Waals surface area (Å²) < 4.78 is 24.1. The van der Waals surface area contributed by atoms with Gasteiger partial charge in [0.25, 0.3) is 11.6 Å². The average Bonchev–Trinajstić information content (AvgIpc) is 2.67. The summed E-state index contributed by atoms with van der Waals surface area (Å²) in [5.41, 5.74) is -0.00555. The number of amides is 1. The Kier molecular flexibility index (Phi) is 5.74. The third kappa shape index (κ3) is 4.55. The summed E-state index contributed by atoms with van der Waals surface area (Å²) >= 11 is 5.93. The maximum Gasteiger partial charge on any atom is 0.313 e. The van der Waals surface area contributed by atoms with Gasteiger partial charge in [0.1, 0.15) is 18.2 Å². The predicted octanol–water partition coefficient (Wildman–Crippen LogP) is 3.12. The molecule has 0 saturated carbocycles. The summed E-state index contributed by atoms with van der Waals surface area (Å²) in [5, 5.41) is 13.4. The van der Waals surface area contributed by atoms with Crippen LogP contribution in [0.2, 0.25) is 5.02 Å². The maximum absolute atomic E-state index is 13.7. The van der Waals surface area contributed by atoms with Crippen molar-refractivity contribution in [1.29, 1.82) is 0 Å². The van der Waals surface area contributed by atoms with Gasteiger partial charge in [-0.3, -0.25) is 19.7 Å². The number of nitro benzene ring substituents is 1. The number of rotatable bonds is 5. The molecule has 3 rings (SSSR count). The number of halogens is 2. The molecule has 0 bridgehead atoms. The molecular weight excluding hydrogens is 395 g/mol. The van der Waals surface area contributed by atoms with Crippen molar-refractivity contribution in [1.82, 2.24) is 0 Å². The van der Waals surface area contributed by atoms with E-state index in [9.17, 15) is 24.1 Å². The minimum atomic E-state index is -0.848. The first kappa shape index (κ1) is 19.6. The van der Waals surface area contributed by atoms with Crippen LogP contribution in [0.5, 0.6) is 5.75 Å². The second-order valence-corrected chi connectivity index (χ2v) is 6.48. The van der Waals surface area contributed by atoms with Crippen molar-refractivity contribution in [3.8, 4) is 5.75 Å². The Labute approximate surface area is 163 Å². The average molecular weight is 409 g/mol. The van der Waals surface area contributed by atoms with Crippen LogP contribution in [0.4, 0.5) is 15.8 Å². The lowest BCUT2D eigenvalue weighted by Crippen LogP contribution is -2.32. The van der Waals surface area contributed by atoms with E-state index < -0.39 is 35.1 Å². The molecule has 0 unspecified atom stereocenters. The van der Waals surface area contributed by atoms with Crippen LogP contribution in [-0.4, -0.2) is 30.0 Å². The SMILES string of the molecule is O=C(COC(=O)[C@@H]1COc2ccc(Cl)cc2C1)Nc1cc([N+](=O)[O-])ccc1F. The molecule has 0 aliphatic carbocycles. The van der Waals surface area contributed by atoms with E-state index in [1.807, 2.05) is 0 Å². The van der Waals surface area contributed by atoms with Gasteiger partial charge in [-0.2, -0.15) is 0 Å². The van der Waals surface area contributed by atoms with Crippen molar-refractivity contribution >= 4 is 34.9 Å². The van der Waals surface area contributed by atoms with Crippen molar-refractivity contribution in [2.24, 2.45) is 5.92 Å². The van der Waals surface area contributed by atoms with E-state index in [4.69, 9.17) is 21.1 Å². The normalized spacial score (nSPS) is 15.1. The number of hydrogen-bond acceptors (Lipinski definition) is 6. The number of anilines is 1. The monoisotopic (exact) mass is 408 g/mol. The molecule has 10 heteroatoms. The fraction of sp³-hybridized carbons (Fsp3) is 0.222. The number of carbonyl (C=O) groups is 2. The highest BCUT2D eigenvalue weighted by atomic mass is 35.5. The highest BCUT2D eigenvalue weighted by Crippen LogP contribution is 2.30. The second-order valence-electron chi connectivity index (χ2n) is 6.04. The zero-order valence-electron chi connectivity index (χ0n) is 14.3. The molecule has 0 aromatic heterocycles. The predicted molar refractivity (Wildman–Crippen MR) is 96.8 cm³/mol. The molecule has 1 amide bonds. The lowest BCUT2D eigenvalue weighted by Gasteiger charge is -2.24. The van der Waals surface area contributed by atoms with Crippen LogP contribution in [-0.2, 0) is 20.7 Å². The molecule has 2 aromatic rings. The van der Waals surface area contributed by atoms with Gasteiger partial charge in [-0.1, -0.05) is 11.6 Å². The number of nitrogens with one attached hydrogen (secondary N) is 1. The molecule has 146 valence electrons. The number of esters is 1. The molecule has 28 heavy (non-hydrogen) atoms. The molecule has 1 aliphatic heterocycles. The van der Waals surface area contributed by atoms with Gasteiger partial charge in [0.05, 0.1) is 16.5 Å². The Balaban J connectivity index is 1.56. The van der Waals surface area contributed by atoms with Crippen LogP contribution in [0.1, 0.15) is 5.56 Å². The van der Waals surface area contributed by atoms with E-state index in [1.165, 1.54) is 0 Å². The number of benzene rings is 2. The Hall–Kier alpha value is -3.20. The van der Waals surface area contributed by atoms with Crippen LogP contribution >= 0.6 is 11.6 Å². The third-order valence-corrected chi connectivity index (χ3v) is 4.28. The third-order valence-electron chi connectivity index (χ3n) is 4.04. The first-order chi connectivity index (χ1) is 13.3. The second kappa shape index (κ2) is 8.22. The van der Waals surface area contributed by atoms with Crippen LogP contribution in [0.15, 0.2) is 36.4 Å². The Bertz CT molecular complexity index is 952. The maximum atomic E-state index is 13.7. The Morgan fingerprint density at radius 2 is 2.11 bits per heavy atom. The molecule has 1 atom stereocenters. The van der Waals surface area contributed by atoms with Crippen molar-refractivity contribution in [3.63, 3.8) is 0 Å². The van der Waals surface area contributed by atoms with Gasteiger partial charge in [0, 0.05) is 17.2 Å². The van der Waals surface area contributed by atoms with E-state index in [-0.39, 0.29) is 18.0 Å². The van der Waals surface area contributed by atoms with Gasteiger partial charge in [-0.05, 0) is 36.2 Å². The fourth-order valence-corrected chi connectivity index (χ4v) is 2.87. The van der Waals surface area contributed by atoms with Crippen LogP contribution in [0, 0.1) is 21.8 Å². The van der Waals surface area contributed by atoms with Crippen molar-refractivity contribution in [2.45, 2.75) is 6.42 Å². The van der Waals surface area contributed by atoms with E-state index in [0.717, 1.165) is 23.8 Å². The van der Waals surface area contributed by atoms with Crippen LogP contribution in [0.3, 0.4) is 0 Å². The number of carbonyl (C=O) groups excluding carboxylic acids is 2. The largest absolute Gasteiger partial charge is 0.492 e. The van der Waals surface area contributed by atoms with Gasteiger partial charge >= 0.3 is 5.97 Å². The Morgan fingerprint density at radius 1 is 1.32 bits per heavy atom. The minimum absolute atomic E-state index is 0.0919. The molecule has 0 radical (unpaired) electrons. The minimum Gasteiger partial charge on any atom is -0.492 e. The van der Waals surface area contributed by atoms with Gasteiger partial charge in [-0.25, -0.2) is 4.39 Å². The molecule has 1 N–H and O–H groups in total. The van der Waals surface area contributed by atoms with Crippen molar-refractivity contribution in [2.75, 3.05) is 18.5 Å². The smallest absolute Gasteiger partial charge is 0.313 e. The number of nitrogens with zero attached hydrogens (tertiary/aromatic N) is 1. The van der Waals surface area contributed by atoms with E-state index in [1.54, 1.807) is 18.2 Å². The van der Waals surface area contributed by atoms with Crippen LogP contribution < -0.4 is 10.1 Å². The quantitative estimate of drug-likeness (QED) is 0.462. The fourth-order valence-electron chi connectivity index (χ4n) is 2.68. The number of hydrogen-bond donors (Lipinski definition) is 1. The summed E-state index contributed by atoms with van der Waals surface area (Å²) in [6, 6.07) is 7.79. The molecular formula is C18H14ClFN2O6. The summed E-state index contributed by atoms with van der Waals surface area (Å²) in [6.45, 7) is -0.575. The lowest BCUT2D eigenvalue weighted by atomic mass is 9.97. The lowest BCUT2D eigenvalue weighted by molar-refractivity contribution is -0.384. The zero-order valence-corrected chi connectivity index (χ0v) is 15.1. The molecule has 0 saturated heterocycles. The molecule has 1 heterocycles. The zero-order chi connectivity index (χ0) is 20.3. The number of fused-ring (bicyclic) bond motifs is 1. The van der Waals surface area contributed by atoms with E-state index in [2.05, 4.69) is 5.32 Å². The molecule has 8 nitrogen and oxygen atoms in total. The van der Waals surface area contributed by atoms with Crippen molar-refractivity contribution < 1.29 is 28.4 Å². The van der Waals surface area contributed by atoms with Gasteiger partial charge in [0.2, 0.25) is 0 Å². The van der Waals surface area contributed by atoms with E-state index in [0.29, 0.717) is 17.2 Å². The molecule has 0 spiro atoms. The highest BCUT2D eigenvalue weighted by molar-refractivity contribution is 6.30. The van der Waals surface area contributed by atoms with E-state index >= 15 is 0 Å².